The molecule has 0 spiro atoms. The molecule has 0 aliphatic carbocycles. The number of carbonyl (C=O) groups is 2. The van der Waals surface area contributed by atoms with Gasteiger partial charge in [0.05, 0.1) is 18.0 Å². The fourth-order valence-electron chi connectivity index (χ4n) is 2.79. The Balaban J connectivity index is 1.77. The number of nitrogens with two attached hydrogens (primary N) is 1. The van der Waals surface area contributed by atoms with Gasteiger partial charge in [-0.1, -0.05) is 0 Å². The van der Waals surface area contributed by atoms with Gasteiger partial charge in [-0.05, 0) is 43.5 Å². The van der Waals surface area contributed by atoms with Gasteiger partial charge in [-0.2, -0.15) is 5.10 Å². The molecule has 1 atom stereocenters. The van der Waals surface area contributed by atoms with Crippen LogP contribution in [0.1, 0.15) is 47.2 Å². The third-order valence-corrected chi connectivity index (χ3v) is 3.93. The summed E-state index contributed by atoms with van der Waals surface area (Å²) in [5.41, 5.74) is 6.15. The van der Waals surface area contributed by atoms with Crippen LogP contribution in [0.2, 0.25) is 0 Å². The van der Waals surface area contributed by atoms with Crippen molar-refractivity contribution in [3.05, 3.63) is 47.7 Å². The zero-order valence-electron chi connectivity index (χ0n) is 12.6. The summed E-state index contributed by atoms with van der Waals surface area (Å²) < 4.78 is 5.19. The first kappa shape index (κ1) is 15.1. The molecule has 120 valence electrons. The number of piperidine rings is 1. The van der Waals surface area contributed by atoms with Crippen LogP contribution in [0.4, 0.5) is 0 Å². The predicted molar refractivity (Wildman–Crippen MR) is 83.2 cm³/mol. The highest BCUT2D eigenvalue weighted by atomic mass is 16.3. The number of nitrogens with zero attached hydrogens (tertiary/aromatic N) is 2. The number of hydrogen-bond acceptors (Lipinski definition) is 4. The maximum Gasteiger partial charge on any atom is 0.269 e. The van der Waals surface area contributed by atoms with E-state index in [4.69, 9.17) is 10.2 Å². The van der Waals surface area contributed by atoms with Gasteiger partial charge >= 0.3 is 0 Å². The second kappa shape index (κ2) is 6.51. The Morgan fingerprint density at radius 1 is 1.43 bits per heavy atom. The Hall–Kier alpha value is -2.83. The maximum absolute atomic E-state index is 12.5. The number of aromatic nitrogens is 2. The smallest absolute Gasteiger partial charge is 0.269 e. The molecule has 1 unspecified atom stereocenters. The van der Waals surface area contributed by atoms with Gasteiger partial charge in [-0.15, -0.1) is 0 Å². The normalized spacial score (nSPS) is 18.4. The summed E-state index contributed by atoms with van der Waals surface area (Å²) in [7, 11) is 0. The van der Waals surface area contributed by atoms with Crippen molar-refractivity contribution in [2.75, 3.05) is 6.54 Å². The standard InChI is InChI=1S/C16H18N4O3/c17-16(22)13-10-12(18-19-13)14-5-1-2-8-20(14)15(21)7-6-11-4-3-9-23-11/h3-4,6-7,9-10,14H,1-2,5,8H2,(H2,17,22)(H,18,19)/b7-6+. The second-order valence-corrected chi connectivity index (χ2v) is 5.46. The Kier molecular flexibility index (Phi) is 4.27. The van der Waals surface area contributed by atoms with Gasteiger partial charge in [-0.25, -0.2) is 0 Å². The largest absolute Gasteiger partial charge is 0.465 e. The summed E-state index contributed by atoms with van der Waals surface area (Å²) in [4.78, 5) is 25.5. The molecule has 23 heavy (non-hydrogen) atoms. The Morgan fingerprint density at radius 3 is 3.00 bits per heavy atom. The second-order valence-electron chi connectivity index (χ2n) is 5.46. The van der Waals surface area contributed by atoms with Gasteiger partial charge in [0, 0.05) is 12.6 Å². The Labute approximate surface area is 133 Å². The molecule has 7 heteroatoms. The molecule has 0 radical (unpaired) electrons. The van der Waals surface area contributed by atoms with E-state index in [-0.39, 0.29) is 17.6 Å². The molecule has 1 aliphatic rings. The van der Waals surface area contributed by atoms with Crippen LogP contribution in [0.25, 0.3) is 6.08 Å². The van der Waals surface area contributed by atoms with E-state index in [0.29, 0.717) is 12.3 Å². The minimum Gasteiger partial charge on any atom is -0.465 e. The first-order chi connectivity index (χ1) is 11.1. The number of aromatic amines is 1. The number of H-pyrrole nitrogens is 1. The highest BCUT2D eigenvalue weighted by Gasteiger charge is 2.28. The summed E-state index contributed by atoms with van der Waals surface area (Å²) in [6.45, 7) is 0.664. The molecule has 0 saturated carbocycles. The van der Waals surface area contributed by atoms with Gasteiger partial charge < -0.3 is 15.1 Å². The lowest BCUT2D eigenvalue weighted by atomic mass is 9.99. The Bertz CT molecular complexity index is 718. The van der Waals surface area contributed by atoms with Gasteiger partial charge in [-0.3, -0.25) is 14.7 Å². The molecule has 0 aromatic carbocycles. The van der Waals surface area contributed by atoms with Crippen LogP contribution in [0, 0.1) is 0 Å². The first-order valence-electron chi connectivity index (χ1n) is 7.52. The molecule has 1 saturated heterocycles. The van der Waals surface area contributed by atoms with Gasteiger partial charge in [0.1, 0.15) is 11.5 Å². The number of hydrogen-bond donors (Lipinski definition) is 2. The molecule has 3 rings (SSSR count). The van der Waals surface area contributed by atoms with E-state index in [2.05, 4.69) is 10.2 Å². The molecular weight excluding hydrogens is 296 g/mol. The predicted octanol–water partition coefficient (Wildman–Crippen LogP) is 1.87. The maximum atomic E-state index is 12.5. The van der Waals surface area contributed by atoms with Crippen LogP contribution in [0.5, 0.6) is 0 Å². The lowest BCUT2D eigenvalue weighted by molar-refractivity contribution is -0.129. The number of nitrogens with one attached hydrogen (secondary N) is 1. The van der Waals surface area contributed by atoms with Gasteiger partial charge in [0.15, 0.2) is 0 Å². The SMILES string of the molecule is NC(=O)c1cc(C2CCCCN2C(=O)/C=C/c2ccco2)[nH]n1. The minimum atomic E-state index is -0.584. The number of furan rings is 1. The van der Waals surface area contributed by atoms with Crippen LogP contribution in [-0.2, 0) is 4.79 Å². The topological polar surface area (TPSA) is 105 Å². The summed E-state index contributed by atoms with van der Waals surface area (Å²) in [6, 6.07) is 5.04. The van der Waals surface area contributed by atoms with E-state index in [1.165, 1.54) is 6.08 Å². The molecule has 1 aliphatic heterocycles. The van der Waals surface area contributed by atoms with E-state index >= 15 is 0 Å². The van der Waals surface area contributed by atoms with Crippen molar-refractivity contribution in [1.82, 2.24) is 15.1 Å². The molecule has 0 bridgehead atoms. The number of primary amides is 1. The average Bonchev–Trinajstić information content (AvgIpc) is 3.24. The number of likely N-dealkylation sites (tertiary alicyclic amines) is 1. The molecular formula is C16H18N4O3. The number of carbonyl (C=O) groups excluding carboxylic acids is 2. The zero-order chi connectivity index (χ0) is 16.2. The molecule has 2 aromatic rings. The lowest BCUT2D eigenvalue weighted by Gasteiger charge is -2.34. The van der Waals surface area contributed by atoms with Crippen LogP contribution in [-0.4, -0.2) is 33.5 Å². The van der Waals surface area contributed by atoms with E-state index in [9.17, 15) is 9.59 Å². The molecule has 1 fully saturated rings. The van der Waals surface area contributed by atoms with Crippen molar-refractivity contribution in [3.63, 3.8) is 0 Å². The lowest BCUT2D eigenvalue weighted by Crippen LogP contribution is -2.37. The average molecular weight is 314 g/mol. The summed E-state index contributed by atoms with van der Waals surface area (Å²) >= 11 is 0. The highest BCUT2D eigenvalue weighted by molar-refractivity contribution is 5.92. The third kappa shape index (κ3) is 3.33. The van der Waals surface area contributed by atoms with Crippen LogP contribution in [0.15, 0.2) is 35.0 Å². The van der Waals surface area contributed by atoms with E-state index < -0.39 is 5.91 Å². The fourth-order valence-corrected chi connectivity index (χ4v) is 2.79. The quantitative estimate of drug-likeness (QED) is 0.840. The van der Waals surface area contributed by atoms with Gasteiger partial charge in [0.2, 0.25) is 5.91 Å². The van der Waals surface area contributed by atoms with E-state index in [1.54, 1.807) is 35.4 Å². The van der Waals surface area contributed by atoms with Gasteiger partial charge in [0.25, 0.3) is 5.91 Å². The third-order valence-electron chi connectivity index (χ3n) is 3.93. The molecule has 2 aromatic heterocycles. The van der Waals surface area contributed by atoms with E-state index in [0.717, 1.165) is 25.0 Å². The van der Waals surface area contributed by atoms with Crippen molar-refractivity contribution in [3.8, 4) is 0 Å². The first-order valence-corrected chi connectivity index (χ1v) is 7.52. The fraction of sp³-hybridized carbons (Fsp3) is 0.312. The Morgan fingerprint density at radius 2 is 2.30 bits per heavy atom. The van der Waals surface area contributed by atoms with Crippen molar-refractivity contribution in [2.24, 2.45) is 5.73 Å². The van der Waals surface area contributed by atoms with Crippen molar-refractivity contribution >= 4 is 17.9 Å². The van der Waals surface area contributed by atoms with E-state index in [1.807, 2.05) is 0 Å². The van der Waals surface area contributed by atoms with Crippen molar-refractivity contribution in [2.45, 2.75) is 25.3 Å². The minimum absolute atomic E-state index is 0.0960. The summed E-state index contributed by atoms with van der Waals surface area (Å²) in [5.74, 6) is -0.0512. The van der Waals surface area contributed by atoms with Crippen LogP contribution < -0.4 is 5.73 Å². The molecule has 3 heterocycles. The molecule has 3 N–H and O–H groups in total. The van der Waals surface area contributed by atoms with Crippen LogP contribution >= 0.6 is 0 Å². The monoisotopic (exact) mass is 314 g/mol. The molecule has 7 nitrogen and oxygen atoms in total. The molecule has 2 amide bonds. The van der Waals surface area contributed by atoms with Crippen LogP contribution in [0.3, 0.4) is 0 Å². The summed E-state index contributed by atoms with van der Waals surface area (Å²) in [6.07, 6.45) is 7.50. The number of amides is 2. The van der Waals surface area contributed by atoms with Crippen molar-refractivity contribution < 1.29 is 14.0 Å². The van der Waals surface area contributed by atoms with Crippen molar-refractivity contribution in [1.29, 1.82) is 0 Å². The summed E-state index contributed by atoms with van der Waals surface area (Å²) in [5, 5.41) is 6.72. The zero-order valence-corrected chi connectivity index (χ0v) is 12.6. The number of rotatable bonds is 4. The highest BCUT2D eigenvalue weighted by Crippen LogP contribution is 2.30.